The average molecular weight is 516 g/mol. The number of rotatable bonds is 14. The Hall–Kier alpha value is -3.31. The second-order valence-electron chi connectivity index (χ2n) is 8.97. The molecule has 0 saturated carbocycles. The first kappa shape index (κ1) is 28.9. The molecule has 36 heavy (non-hydrogen) atoms. The number of hydrogen-bond donors (Lipinski definition) is 1. The van der Waals surface area contributed by atoms with Gasteiger partial charge in [0.15, 0.2) is 5.60 Å². The molecular formula is C24H32F3N3O6. The van der Waals surface area contributed by atoms with Crippen LogP contribution in [0.5, 0.6) is 11.6 Å². The highest BCUT2D eigenvalue weighted by Crippen LogP contribution is 2.23. The van der Waals surface area contributed by atoms with E-state index in [9.17, 15) is 27.6 Å². The van der Waals surface area contributed by atoms with Gasteiger partial charge in [-0.2, -0.15) is 13.2 Å². The van der Waals surface area contributed by atoms with E-state index in [-0.39, 0.29) is 31.9 Å². The zero-order valence-corrected chi connectivity index (χ0v) is 20.6. The highest BCUT2D eigenvalue weighted by Gasteiger charge is 2.29. The number of aliphatic carboxylic acids is 1. The Morgan fingerprint density at radius 2 is 1.69 bits per heavy atom. The van der Waals surface area contributed by atoms with Gasteiger partial charge in [-0.1, -0.05) is 18.6 Å². The van der Waals surface area contributed by atoms with Crippen molar-refractivity contribution in [2.75, 3.05) is 6.61 Å². The summed E-state index contributed by atoms with van der Waals surface area (Å²) in [7, 11) is 1.30. The molecule has 1 aromatic carbocycles. The van der Waals surface area contributed by atoms with Crippen molar-refractivity contribution < 1.29 is 32.5 Å². The molecule has 1 aromatic heterocycles. The third-order valence-electron chi connectivity index (χ3n) is 5.45. The highest BCUT2D eigenvalue weighted by molar-refractivity contribution is 5.76. The summed E-state index contributed by atoms with van der Waals surface area (Å²) in [4.78, 5) is 35.7. The van der Waals surface area contributed by atoms with Crippen molar-refractivity contribution in [3.8, 4) is 11.6 Å². The zero-order valence-electron chi connectivity index (χ0n) is 20.6. The molecule has 0 aliphatic rings. The van der Waals surface area contributed by atoms with E-state index >= 15 is 0 Å². The highest BCUT2D eigenvalue weighted by atomic mass is 19.4. The number of benzene rings is 1. The molecule has 0 radical (unpaired) electrons. The smallest absolute Gasteiger partial charge is 0.389 e. The van der Waals surface area contributed by atoms with Crippen LogP contribution in [0.1, 0.15) is 57.9 Å². The van der Waals surface area contributed by atoms with Crippen LogP contribution in [0.2, 0.25) is 0 Å². The van der Waals surface area contributed by atoms with Gasteiger partial charge in [0.1, 0.15) is 5.75 Å². The molecule has 0 bridgehead atoms. The van der Waals surface area contributed by atoms with E-state index in [4.69, 9.17) is 14.6 Å². The summed E-state index contributed by atoms with van der Waals surface area (Å²) in [6.07, 6.45) is -2.47. The summed E-state index contributed by atoms with van der Waals surface area (Å²) in [5, 5.41) is 13.1. The number of nitrogens with zero attached hydrogens (tertiary/aromatic N) is 3. The molecule has 0 amide bonds. The summed E-state index contributed by atoms with van der Waals surface area (Å²) in [5.74, 6) is -0.839. The first-order chi connectivity index (χ1) is 16.8. The van der Waals surface area contributed by atoms with Crippen molar-refractivity contribution >= 4 is 5.97 Å². The van der Waals surface area contributed by atoms with Crippen LogP contribution in [-0.2, 0) is 24.8 Å². The number of alkyl halides is 3. The number of aryl methyl sites for hydroxylation is 2. The molecule has 0 unspecified atom stereocenters. The van der Waals surface area contributed by atoms with Gasteiger partial charge >= 0.3 is 23.4 Å². The third kappa shape index (κ3) is 9.04. The minimum Gasteiger partial charge on any atom is -0.478 e. The van der Waals surface area contributed by atoms with Crippen molar-refractivity contribution in [1.82, 2.24) is 14.3 Å². The molecule has 0 fully saturated rings. The molecule has 0 aliphatic heterocycles. The lowest BCUT2D eigenvalue weighted by atomic mass is 10.1. The first-order valence-corrected chi connectivity index (χ1v) is 11.7. The van der Waals surface area contributed by atoms with Crippen molar-refractivity contribution in [2.24, 2.45) is 7.05 Å². The number of aromatic nitrogens is 3. The number of carbonyl (C=O) groups is 1. The van der Waals surface area contributed by atoms with Gasteiger partial charge in [-0.25, -0.2) is 14.3 Å². The van der Waals surface area contributed by atoms with Gasteiger partial charge in [0, 0.05) is 20.0 Å². The van der Waals surface area contributed by atoms with Gasteiger partial charge in [0.25, 0.3) is 5.88 Å². The molecule has 1 heterocycles. The maximum absolute atomic E-state index is 12.3. The fraction of sp³-hybridized carbons (Fsp3) is 0.583. The summed E-state index contributed by atoms with van der Waals surface area (Å²) >= 11 is 0. The third-order valence-corrected chi connectivity index (χ3v) is 5.45. The van der Waals surface area contributed by atoms with Crippen LogP contribution in [-0.4, -0.2) is 43.8 Å². The molecular weight excluding hydrogens is 483 g/mol. The van der Waals surface area contributed by atoms with Crippen LogP contribution in [0, 0.1) is 0 Å². The van der Waals surface area contributed by atoms with E-state index in [0.717, 1.165) is 27.7 Å². The summed E-state index contributed by atoms with van der Waals surface area (Å²) in [6.45, 7) is 3.22. The van der Waals surface area contributed by atoms with Crippen molar-refractivity contribution in [3.05, 3.63) is 50.7 Å². The second kappa shape index (κ2) is 12.6. The minimum atomic E-state index is -4.20. The molecule has 200 valence electrons. The summed E-state index contributed by atoms with van der Waals surface area (Å²) in [5.41, 5.74) is -1.64. The first-order valence-electron chi connectivity index (χ1n) is 11.7. The Kier molecular flexibility index (Phi) is 10.1. The molecule has 0 spiro atoms. The van der Waals surface area contributed by atoms with E-state index in [1.807, 2.05) is 12.1 Å². The average Bonchev–Trinajstić information content (AvgIpc) is 2.79. The number of hydrogen-bond acceptors (Lipinski definition) is 6. The lowest BCUT2D eigenvalue weighted by Crippen LogP contribution is -2.40. The fourth-order valence-electron chi connectivity index (χ4n) is 3.26. The van der Waals surface area contributed by atoms with Crippen LogP contribution in [0.4, 0.5) is 13.2 Å². The van der Waals surface area contributed by atoms with Gasteiger partial charge in [0.05, 0.1) is 6.61 Å². The van der Waals surface area contributed by atoms with Crippen molar-refractivity contribution in [2.45, 2.75) is 77.1 Å². The Bertz CT molecular complexity index is 1120. The SMILES string of the molecule is Cn1c(=O)c(OCCCCc2ccc(OC(C)(C)C(=O)O)cc2)nn(CCCCCC(F)(F)F)c1=O. The van der Waals surface area contributed by atoms with Gasteiger partial charge < -0.3 is 14.6 Å². The topological polar surface area (TPSA) is 113 Å². The van der Waals surface area contributed by atoms with Gasteiger partial charge in [0.2, 0.25) is 0 Å². The lowest BCUT2D eigenvalue weighted by molar-refractivity contribution is -0.152. The molecule has 0 atom stereocenters. The standard InChI is InChI=1S/C24H32F3N3O6/c1-23(2,21(32)33)36-18-12-10-17(11-13-18)9-5-8-16-35-19-20(31)29(3)22(34)30(28-19)15-7-4-6-14-24(25,26)27/h10-13H,4-9,14-16H2,1-3H3,(H,32,33). The maximum Gasteiger partial charge on any atom is 0.389 e. The number of ether oxygens (including phenoxy) is 2. The van der Waals surface area contributed by atoms with E-state index in [2.05, 4.69) is 5.10 Å². The molecule has 2 rings (SSSR count). The normalized spacial score (nSPS) is 11.9. The predicted molar refractivity (Wildman–Crippen MR) is 125 cm³/mol. The van der Waals surface area contributed by atoms with Crippen LogP contribution in [0.25, 0.3) is 0 Å². The Labute approximate surface area is 206 Å². The molecule has 9 nitrogen and oxygen atoms in total. The number of carboxylic acids is 1. The zero-order chi connectivity index (χ0) is 26.9. The van der Waals surface area contributed by atoms with Crippen LogP contribution < -0.4 is 20.7 Å². The minimum absolute atomic E-state index is 0.0383. The van der Waals surface area contributed by atoms with Gasteiger partial charge in [-0.15, -0.1) is 5.10 Å². The number of unbranched alkanes of at least 4 members (excludes halogenated alkanes) is 3. The van der Waals surface area contributed by atoms with Gasteiger partial charge in [-0.3, -0.25) is 9.36 Å². The molecule has 2 aromatic rings. The molecule has 0 saturated heterocycles. The van der Waals surface area contributed by atoms with Crippen LogP contribution in [0.15, 0.2) is 33.9 Å². The largest absolute Gasteiger partial charge is 0.478 e. The summed E-state index contributed by atoms with van der Waals surface area (Å²) < 4.78 is 49.6. The molecule has 12 heteroatoms. The summed E-state index contributed by atoms with van der Waals surface area (Å²) in [6, 6.07) is 7.10. The van der Waals surface area contributed by atoms with Crippen LogP contribution in [0.3, 0.4) is 0 Å². The lowest BCUT2D eigenvalue weighted by Gasteiger charge is -2.21. The monoisotopic (exact) mass is 515 g/mol. The number of halogens is 3. The molecule has 0 aliphatic carbocycles. The quantitative estimate of drug-likeness (QED) is 0.382. The van der Waals surface area contributed by atoms with Crippen LogP contribution >= 0.6 is 0 Å². The van der Waals surface area contributed by atoms with Crippen molar-refractivity contribution in [3.63, 3.8) is 0 Å². The van der Waals surface area contributed by atoms with E-state index in [1.54, 1.807) is 12.1 Å². The Morgan fingerprint density at radius 3 is 2.31 bits per heavy atom. The Morgan fingerprint density at radius 1 is 1.03 bits per heavy atom. The van der Waals surface area contributed by atoms with Crippen molar-refractivity contribution in [1.29, 1.82) is 0 Å². The van der Waals surface area contributed by atoms with E-state index < -0.39 is 35.4 Å². The molecule has 1 N–H and O–H groups in total. The van der Waals surface area contributed by atoms with E-state index in [1.165, 1.54) is 20.9 Å². The maximum atomic E-state index is 12.3. The second-order valence-corrected chi connectivity index (χ2v) is 8.97. The van der Waals surface area contributed by atoms with Gasteiger partial charge in [-0.05, 0) is 63.6 Å². The fourth-order valence-corrected chi connectivity index (χ4v) is 3.26. The Balaban J connectivity index is 1.82. The number of carboxylic acid groups (broad SMARTS) is 1. The predicted octanol–water partition coefficient (Wildman–Crippen LogP) is 3.71. The van der Waals surface area contributed by atoms with E-state index in [0.29, 0.717) is 18.6 Å².